The number of sulfonamides is 2. The molecule has 2 saturated carbocycles. The van der Waals surface area contributed by atoms with Gasteiger partial charge in [-0.25, -0.2) is 26.3 Å². The third kappa shape index (κ3) is 2.72. The highest BCUT2D eigenvalue weighted by Gasteiger charge is 2.62. The van der Waals surface area contributed by atoms with Gasteiger partial charge in [0.15, 0.2) is 0 Å². The van der Waals surface area contributed by atoms with Crippen LogP contribution >= 0.6 is 0 Å². The predicted octanol–water partition coefficient (Wildman–Crippen LogP) is 3.15. The summed E-state index contributed by atoms with van der Waals surface area (Å²) in [5, 5.41) is 0. The van der Waals surface area contributed by atoms with Gasteiger partial charge >= 0.3 is 0 Å². The second-order valence-corrected chi connectivity index (χ2v) is 14.8. The third-order valence-corrected chi connectivity index (χ3v) is 10.3. The van der Waals surface area contributed by atoms with E-state index in [0.29, 0.717) is 11.8 Å². The Hall–Kier alpha value is -0.960. The van der Waals surface area contributed by atoms with Crippen LogP contribution in [0.5, 0.6) is 0 Å². The standard InChI is InChI=1S/C22H32N2O4S2/c1-21(2)13-9-15(21)19(23-29(5,25)26)17-11(13)7-8-12-14-10-16(22(14,3)4)20(18(12)17)24-30(6,27)28/h7-8,13-16,19-20,23-24H,9-10H2,1-6H3/t13?,14?,15?,16?,19-,20-/m0/s1. The van der Waals surface area contributed by atoms with E-state index in [-0.39, 0.29) is 34.7 Å². The molecule has 6 aliphatic rings. The summed E-state index contributed by atoms with van der Waals surface area (Å²) >= 11 is 0. The lowest BCUT2D eigenvalue weighted by molar-refractivity contribution is -0.0213. The molecule has 1 aromatic rings. The summed E-state index contributed by atoms with van der Waals surface area (Å²) in [4.78, 5) is 0. The van der Waals surface area contributed by atoms with E-state index in [1.165, 1.54) is 23.6 Å². The molecule has 0 aromatic heterocycles. The highest BCUT2D eigenvalue weighted by Crippen LogP contribution is 2.71. The molecule has 0 aliphatic heterocycles. The molecule has 0 heterocycles. The highest BCUT2D eigenvalue weighted by molar-refractivity contribution is 7.89. The molecule has 2 fully saturated rings. The Bertz CT molecular complexity index is 1060. The van der Waals surface area contributed by atoms with E-state index in [9.17, 15) is 16.8 Å². The quantitative estimate of drug-likeness (QED) is 0.734. The first kappa shape index (κ1) is 20.9. The number of benzene rings is 1. The Labute approximate surface area is 180 Å². The van der Waals surface area contributed by atoms with Crippen LogP contribution in [0.4, 0.5) is 0 Å². The van der Waals surface area contributed by atoms with Crippen molar-refractivity contribution in [1.29, 1.82) is 0 Å². The van der Waals surface area contributed by atoms with Gasteiger partial charge in [0.25, 0.3) is 0 Å². The molecule has 2 N–H and O–H groups in total. The molecule has 0 spiro atoms. The third-order valence-electron chi connectivity index (χ3n) is 8.90. The van der Waals surface area contributed by atoms with Gasteiger partial charge in [-0.05, 0) is 69.6 Å². The molecule has 6 atom stereocenters. The lowest BCUT2D eigenvalue weighted by Gasteiger charge is -2.64. The average molecular weight is 453 g/mol. The van der Waals surface area contributed by atoms with Gasteiger partial charge in [-0.2, -0.15) is 0 Å². The zero-order valence-electron chi connectivity index (χ0n) is 18.5. The Morgan fingerprint density at radius 2 is 1.07 bits per heavy atom. The summed E-state index contributed by atoms with van der Waals surface area (Å²) in [5.74, 6) is 1.18. The Kier molecular flexibility index (Phi) is 4.10. The minimum Gasteiger partial charge on any atom is -0.213 e. The zero-order valence-corrected chi connectivity index (χ0v) is 20.1. The normalized spacial score (nSPS) is 37.4. The van der Waals surface area contributed by atoms with E-state index in [1.54, 1.807) is 0 Å². The van der Waals surface area contributed by atoms with Crippen molar-refractivity contribution in [2.45, 2.75) is 64.5 Å². The Morgan fingerprint density at radius 1 is 0.733 bits per heavy atom. The van der Waals surface area contributed by atoms with Crippen molar-refractivity contribution >= 4 is 20.0 Å². The van der Waals surface area contributed by atoms with E-state index in [0.717, 1.165) is 24.0 Å². The average Bonchev–Trinajstić information content (AvgIpc) is 2.57. The predicted molar refractivity (Wildman–Crippen MR) is 117 cm³/mol. The summed E-state index contributed by atoms with van der Waals surface area (Å²) in [6.45, 7) is 8.88. The minimum absolute atomic E-state index is 0.0141. The molecule has 4 bridgehead atoms. The van der Waals surface area contributed by atoms with Crippen LogP contribution in [-0.4, -0.2) is 29.3 Å². The largest absolute Gasteiger partial charge is 0.213 e. The monoisotopic (exact) mass is 452 g/mol. The summed E-state index contributed by atoms with van der Waals surface area (Å²) in [6.07, 6.45) is 4.36. The van der Waals surface area contributed by atoms with E-state index < -0.39 is 20.0 Å². The van der Waals surface area contributed by atoms with Crippen molar-refractivity contribution in [3.8, 4) is 0 Å². The van der Waals surface area contributed by atoms with Gasteiger partial charge in [-0.1, -0.05) is 39.8 Å². The molecule has 6 aliphatic carbocycles. The molecule has 166 valence electrons. The fourth-order valence-corrected chi connectivity index (χ4v) is 8.71. The lowest BCUT2D eigenvalue weighted by Crippen LogP contribution is -2.58. The molecule has 1 aromatic carbocycles. The first-order valence-corrected chi connectivity index (χ1v) is 14.5. The van der Waals surface area contributed by atoms with Crippen molar-refractivity contribution in [2.75, 3.05) is 12.5 Å². The van der Waals surface area contributed by atoms with Crippen LogP contribution in [0.15, 0.2) is 12.1 Å². The van der Waals surface area contributed by atoms with Crippen LogP contribution in [0.25, 0.3) is 0 Å². The highest BCUT2D eigenvalue weighted by atomic mass is 32.2. The van der Waals surface area contributed by atoms with Gasteiger partial charge in [-0.15, -0.1) is 0 Å². The van der Waals surface area contributed by atoms with E-state index in [4.69, 9.17) is 0 Å². The zero-order chi connectivity index (χ0) is 22.0. The molecule has 0 radical (unpaired) electrons. The molecule has 0 amide bonds. The van der Waals surface area contributed by atoms with Gasteiger partial charge in [-0.3, -0.25) is 0 Å². The number of nitrogens with one attached hydrogen (secondary N) is 2. The van der Waals surface area contributed by atoms with Gasteiger partial charge in [0, 0.05) is 0 Å². The maximum absolute atomic E-state index is 12.3. The number of hydrogen-bond acceptors (Lipinski definition) is 4. The summed E-state index contributed by atoms with van der Waals surface area (Å²) in [6, 6.07) is 3.77. The smallest absolute Gasteiger partial charge is 0.209 e. The lowest BCUT2D eigenvalue weighted by atomic mass is 9.42. The Morgan fingerprint density at radius 3 is 1.33 bits per heavy atom. The first-order valence-electron chi connectivity index (χ1n) is 10.7. The van der Waals surface area contributed by atoms with Crippen molar-refractivity contribution in [1.82, 2.24) is 9.44 Å². The fraction of sp³-hybridized carbons (Fsp3) is 0.727. The van der Waals surface area contributed by atoms with Gasteiger partial charge < -0.3 is 0 Å². The summed E-state index contributed by atoms with van der Waals surface area (Å²) in [7, 11) is -6.84. The number of hydrogen-bond donors (Lipinski definition) is 2. The van der Waals surface area contributed by atoms with Crippen molar-refractivity contribution in [3.63, 3.8) is 0 Å². The van der Waals surface area contributed by atoms with Crippen LogP contribution in [0, 0.1) is 22.7 Å². The van der Waals surface area contributed by atoms with E-state index in [1.807, 2.05) is 0 Å². The molecule has 0 saturated heterocycles. The molecule has 4 unspecified atom stereocenters. The number of rotatable bonds is 4. The van der Waals surface area contributed by atoms with E-state index >= 15 is 0 Å². The second kappa shape index (κ2) is 5.88. The molecule has 7 rings (SSSR count). The molecular formula is C22H32N2O4S2. The van der Waals surface area contributed by atoms with Crippen molar-refractivity contribution in [3.05, 3.63) is 34.4 Å². The van der Waals surface area contributed by atoms with Crippen LogP contribution in [0.1, 0.15) is 86.7 Å². The molecule has 6 nitrogen and oxygen atoms in total. The molecular weight excluding hydrogens is 420 g/mol. The second-order valence-electron chi connectivity index (χ2n) is 11.2. The maximum Gasteiger partial charge on any atom is 0.209 e. The van der Waals surface area contributed by atoms with Crippen LogP contribution in [0.2, 0.25) is 0 Å². The maximum atomic E-state index is 12.3. The van der Waals surface area contributed by atoms with E-state index in [2.05, 4.69) is 49.3 Å². The van der Waals surface area contributed by atoms with Crippen LogP contribution in [0.3, 0.4) is 0 Å². The van der Waals surface area contributed by atoms with Gasteiger partial charge in [0.2, 0.25) is 20.0 Å². The van der Waals surface area contributed by atoms with Crippen molar-refractivity contribution < 1.29 is 16.8 Å². The SMILES string of the molecule is CC1(C)C2CC1[C@H](NS(C)(=O)=O)c1c2ccc2c1[C@@H](NS(C)(=O)=O)C1CC2C1(C)C. The first-order chi connectivity index (χ1) is 13.6. The van der Waals surface area contributed by atoms with Crippen LogP contribution in [-0.2, 0) is 20.0 Å². The van der Waals surface area contributed by atoms with Crippen molar-refractivity contribution in [2.24, 2.45) is 22.7 Å². The van der Waals surface area contributed by atoms with Gasteiger partial charge in [0.1, 0.15) is 0 Å². The van der Waals surface area contributed by atoms with Gasteiger partial charge in [0.05, 0.1) is 24.6 Å². The topological polar surface area (TPSA) is 92.3 Å². The molecule has 8 heteroatoms. The fourth-order valence-electron chi connectivity index (χ4n) is 7.22. The Balaban J connectivity index is 1.76. The summed E-state index contributed by atoms with van der Waals surface area (Å²) < 4.78 is 55.1. The molecule has 30 heavy (non-hydrogen) atoms. The van der Waals surface area contributed by atoms with Crippen LogP contribution < -0.4 is 9.44 Å². The minimum atomic E-state index is -3.42. The summed E-state index contributed by atoms with van der Waals surface area (Å²) in [5.41, 5.74) is 4.51.